The Bertz CT molecular complexity index is 526. The lowest BCUT2D eigenvalue weighted by Crippen LogP contribution is -2.11. The highest BCUT2D eigenvalue weighted by atomic mass is 79.9. The summed E-state index contributed by atoms with van der Waals surface area (Å²) in [5.74, 6) is 0.748. The lowest BCUT2D eigenvalue weighted by molar-refractivity contribution is 0.173. The summed E-state index contributed by atoms with van der Waals surface area (Å²) in [4.78, 5) is 0. The van der Waals surface area contributed by atoms with E-state index in [1.54, 1.807) is 0 Å². The van der Waals surface area contributed by atoms with Gasteiger partial charge in [-0.15, -0.1) is 0 Å². The molecule has 0 saturated heterocycles. The summed E-state index contributed by atoms with van der Waals surface area (Å²) in [6, 6.07) is 2.64. The average molecular weight is 311 g/mol. The van der Waals surface area contributed by atoms with Crippen LogP contribution in [0.1, 0.15) is 11.0 Å². The van der Waals surface area contributed by atoms with Gasteiger partial charge in [0.2, 0.25) is 12.2 Å². The molecule has 1 atom stereocenters. The summed E-state index contributed by atoms with van der Waals surface area (Å²) in [7, 11) is -4.55. The van der Waals surface area contributed by atoms with E-state index in [2.05, 4.69) is 15.9 Å². The van der Waals surface area contributed by atoms with Crippen LogP contribution in [0, 0.1) is 0 Å². The number of aliphatic hydroxyl groups excluding tert-OH is 1. The standard InChI is InChI=1S/C8H7BrO6S/c9-5-1-4(8(10)16(11,12)13)2-6-7(5)15-3-14-6/h1-2,8,10H,3H2,(H,11,12,13). The molecule has 1 aromatic rings. The molecule has 88 valence electrons. The Morgan fingerprint density at radius 2 is 2.06 bits per heavy atom. The molecule has 1 aliphatic heterocycles. The fraction of sp³-hybridized carbons (Fsp3) is 0.250. The molecule has 0 aliphatic carbocycles. The monoisotopic (exact) mass is 310 g/mol. The summed E-state index contributed by atoms with van der Waals surface area (Å²) < 4.78 is 40.8. The van der Waals surface area contributed by atoms with Gasteiger partial charge in [-0.25, -0.2) is 0 Å². The molecular formula is C8H7BrO6S. The molecule has 6 nitrogen and oxygen atoms in total. The van der Waals surface area contributed by atoms with Crippen molar-refractivity contribution in [3.8, 4) is 11.5 Å². The molecule has 2 rings (SSSR count). The lowest BCUT2D eigenvalue weighted by atomic mass is 10.2. The van der Waals surface area contributed by atoms with Crippen molar-refractivity contribution in [1.82, 2.24) is 0 Å². The van der Waals surface area contributed by atoms with Gasteiger partial charge in [0.1, 0.15) is 0 Å². The largest absolute Gasteiger partial charge is 0.454 e. The number of aliphatic hydroxyl groups is 1. The second kappa shape index (κ2) is 3.88. The van der Waals surface area contributed by atoms with E-state index >= 15 is 0 Å². The first kappa shape index (κ1) is 11.6. The van der Waals surface area contributed by atoms with Crippen LogP contribution in [-0.2, 0) is 10.1 Å². The minimum atomic E-state index is -4.55. The zero-order valence-corrected chi connectivity index (χ0v) is 10.2. The van der Waals surface area contributed by atoms with Crippen LogP contribution in [0.3, 0.4) is 0 Å². The molecule has 1 aliphatic rings. The number of hydrogen-bond acceptors (Lipinski definition) is 5. The van der Waals surface area contributed by atoms with Crippen LogP contribution in [-0.4, -0.2) is 24.9 Å². The summed E-state index contributed by atoms with van der Waals surface area (Å²) in [6.45, 7) is 0.0271. The first-order valence-corrected chi connectivity index (χ1v) is 6.42. The third-order valence-corrected chi connectivity index (χ3v) is 3.44. The van der Waals surface area contributed by atoms with Gasteiger partial charge in [0.25, 0.3) is 10.1 Å². The number of ether oxygens (including phenoxy) is 2. The van der Waals surface area contributed by atoms with Gasteiger partial charge in [-0.05, 0) is 28.1 Å². The van der Waals surface area contributed by atoms with Gasteiger partial charge in [0, 0.05) is 5.56 Å². The lowest BCUT2D eigenvalue weighted by Gasteiger charge is -2.09. The van der Waals surface area contributed by atoms with Crippen LogP contribution < -0.4 is 9.47 Å². The molecular weight excluding hydrogens is 304 g/mol. The Labute approximate surface area is 99.7 Å². The Morgan fingerprint density at radius 3 is 2.69 bits per heavy atom. The normalized spacial score (nSPS) is 16.2. The van der Waals surface area contributed by atoms with E-state index in [4.69, 9.17) is 14.0 Å². The first-order valence-electron chi connectivity index (χ1n) is 4.13. The maximum absolute atomic E-state index is 10.8. The van der Waals surface area contributed by atoms with Crippen molar-refractivity contribution < 1.29 is 27.6 Å². The number of hydrogen-bond donors (Lipinski definition) is 2. The van der Waals surface area contributed by atoms with Crippen LogP contribution in [0.5, 0.6) is 11.5 Å². The van der Waals surface area contributed by atoms with Crippen molar-refractivity contribution in [2.75, 3.05) is 6.79 Å². The van der Waals surface area contributed by atoms with Crippen LogP contribution >= 0.6 is 15.9 Å². The zero-order valence-electron chi connectivity index (χ0n) is 7.75. The Hall–Kier alpha value is -0.830. The second-order valence-electron chi connectivity index (χ2n) is 3.10. The predicted molar refractivity (Wildman–Crippen MR) is 56.8 cm³/mol. The summed E-state index contributed by atoms with van der Waals surface area (Å²) in [6.07, 6.45) is 0. The van der Waals surface area contributed by atoms with Gasteiger partial charge in [-0.1, -0.05) is 0 Å². The number of benzene rings is 1. The van der Waals surface area contributed by atoms with Crippen LogP contribution in [0.2, 0.25) is 0 Å². The third-order valence-electron chi connectivity index (χ3n) is 2.02. The van der Waals surface area contributed by atoms with E-state index in [-0.39, 0.29) is 12.4 Å². The van der Waals surface area contributed by atoms with Crippen molar-refractivity contribution >= 4 is 26.0 Å². The molecule has 1 heterocycles. The molecule has 16 heavy (non-hydrogen) atoms. The van der Waals surface area contributed by atoms with E-state index in [0.717, 1.165) is 0 Å². The van der Waals surface area contributed by atoms with Crippen molar-refractivity contribution in [3.63, 3.8) is 0 Å². The highest BCUT2D eigenvalue weighted by molar-refractivity contribution is 9.10. The first-order chi connectivity index (χ1) is 7.39. The molecule has 0 fully saturated rings. The van der Waals surface area contributed by atoms with Crippen molar-refractivity contribution in [2.24, 2.45) is 0 Å². The fourth-order valence-electron chi connectivity index (χ4n) is 1.30. The van der Waals surface area contributed by atoms with Gasteiger partial charge in [-0.2, -0.15) is 8.42 Å². The van der Waals surface area contributed by atoms with E-state index in [0.29, 0.717) is 16.0 Å². The van der Waals surface area contributed by atoms with Gasteiger partial charge < -0.3 is 14.6 Å². The minimum Gasteiger partial charge on any atom is -0.454 e. The maximum Gasteiger partial charge on any atom is 0.296 e. The Morgan fingerprint density at radius 1 is 1.38 bits per heavy atom. The SMILES string of the molecule is O=S(=O)(O)C(O)c1cc(Br)c2c(c1)OCO2. The van der Waals surface area contributed by atoms with E-state index in [1.165, 1.54) is 12.1 Å². The smallest absolute Gasteiger partial charge is 0.296 e. The van der Waals surface area contributed by atoms with Crippen molar-refractivity contribution in [2.45, 2.75) is 5.44 Å². The molecule has 0 radical (unpaired) electrons. The molecule has 0 bridgehead atoms. The van der Waals surface area contributed by atoms with E-state index in [1.807, 2.05) is 0 Å². The van der Waals surface area contributed by atoms with Crippen LogP contribution in [0.15, 0.2) is 16.6 Å². The van der Waals surface area contributed by atoms with Crippen LogP contribution in [0.4, 0.5) is 0 Å². The Kier molecular flexibility index (Phi) is 2.82. The quantitative estimate of drug-likeness (QED) is 0.793. The molecule has 0 saturated carbocycles. The second-order valence-corrected chi connectivity index (χ2v) is 5.43. The molecule has 0 spiro atoms. The highest BCUT2D eigenvalue weighted by Crippen LogP contribution is 2.41. The fourth-order valence-corrected chi connectivity index (χ4v) is 2.36. The van der Waals surface area contributed by atoms with E-state index in [9.17, 15) is 13.5 Å². The van der Waals surface area contributed by atoms with Gasteiger partial charge in [0.05, 0.1) is 4.47 Å². The van der Waals surface area contributed by atoms with Crippen LogP contribution in [0.25, 0.3) is 0 Å². The van der Waals surface area contributed by atoms with Gasteiger partial charge >= 0.3 is 0 Å². The third kappa shape index (κ3) is 2.01. The minimum absolute atomic E-state index is 0.00127. The van der Waals surface area contributed by atoms with Gasteiger partial charge in [-0.3, -0.25) is 4.55 Å². The van der Waals surface area contributed by atoms with E-state index < -0.39 is 15.6 Å². The average Bonchev–Trinajstić information content (AvgIpc) is 2.63. The Balaban J connectivity index is 2.49. The zero-order chi connectivity index (χ0) is 11.9. The highest BCUT2D eigenvalue weighted by Gasteiger charge is 2.26. The molecule has 1 unspecified atom stereocenters. The molecule has 0 aromatic heterocycles. The topological polar surface area (TPSA) is 93.1 Å². The summed E-state index contributed by atoms with van der Waals surface area (Å²) >= 11 is 3.14. The maximum atomic E-state index is 10.8. The molecule has 1 aromatic carbocycles. The number of rotatable bonds is 2. The molecule has 2 N–H and O–H groups in total. The molecule has 8 heteroatoms. The summed E-state index contributed by atoms with van der Waals surface area (Å²) in [5.41, 5.74) is -2.00. The van der Waals surface area contributed by atoms with Crippen molar-refractivity contribution in [1.29, 1.82) is 0 Å². The van der Waals surface area contributed by atoms with Gasteiger partial charge in [0.15, 0.2) is 11.5 Å². The number of fused-ring (bicyclic) bond motifs is 1. The number of halogens is 1. The predicted octanol–water partition coefficient (Wildman–Crippen LogP) is 1.06. The summed E-state index contributed by atoms with van der Waals surface area (Å²) in [5, 5.41) is 9.36. The molecule has 0 amide bonds. The van der Waals surface area contributed by atoms with Crippen molar-refractivity contribution in [3.05, 3.63) is 22.2 Å².